The van der Waals surface area contributed by atoms with Crippen LogP contribution in [0.15, 0.2) is 23.8 Å². The summed E-state index contributed by atoms with van der Waals surface area (Å²) in [5, 5.41) is 0. The molecule has 0 bridgehead atoms. The lowest BCUT2D eigenvalue weighted by molar-refractivity contribution is -0.104. The molecule has 1 atom stereocenters. The van der Waals surface area contributed by atoms with Gasteiger partial charge in [-0.3, -0.25) is 4.79 Å². The first-order chi connectivity index (χ1) is 4.88. The number of rotatable bonds is 2. The Morgan fingerprint density at radius 3 is 3.20 bits per heavy atom. The summed E-state index contributed by atoms with van der Waals surface area (Å²) in [5.74, 6) is 0. The summed E-state index contributed by atoms with van der Waals surface area (Å²) in [7, 11) is 1.65. The third kappa shape index (κ3) is 1.33. The number of carbonyl (C=O) groups excluding carboxylic acids is 1. The summed E-state index contributed by atoms with van der Waals surface area (Å²) in [4.78, 5) is 10.1. The highest BCUT2D eigenvalue weighted by atomic mass is 16.5. The van der Waals surface area contributed by atoms with Crippen LogP contribution in [-0.4, -0.2) is 19.5 Å². The Morgan fingerprint density at radius 2 is 2.60 bits per heavy atom. The van der Waals surface area contributed by atoms with Crippen LogP contribution in [0, 0.1) is 0 Å². The topological polar surface area (TPSA) is 26.3 Å². The SMILES string of the molecule is CO[C@@H]1CC=C/C1=C\C=O. The Bertz CT molecular complexity index is 180. The van der Waals surface area contributed by atoms with Gasteiger partial charge in [0, 0.05) is 7.11 Å². The minimum atomic E-state index is 0.102. The molecule has 2 nitrogen and oxygen atoms in total. The highest BCUT2D eigenvalue weighted by molar-refractivity contribution is 5.68. The zero-order valence-electron chi connectivity index (χ0n) is 5.91. The second-order valence-electron chi connectivity index (χ2n) is 2.17. The van der Waals surface area contributed by atoms with Gasteiger partial charge in [-0.2, -0.15) is 0 Å². The third-order valence-electron chi connectivity index (χ3n) is 1.58. The number of ether oxygens (including phenoxy) is 1. The van der Waals surface area contributed by atoms with Crippen molar-refractivity contribution >= 4 is 6.29 Å². The van der Waals surface area contributed by atoms with Crippen molar-refractivity contribution in [3.63, 3.8) is 0 Å². The standard InChI is InChI=1S/C8H10O2/c1-10-8-4-2-3-7(8)5-6-9/h2-3,5-6,8H,4H2,1H3/b7-5+/t8-/m1/s1. The van der Waals surface area contributed by atoms with Crippen molar-refractivity contribution in [3.05, 3.63) is 23.8 Å². The summed E-state index contributed by atoms with van der Waals surface area (Å²) in [6.07, 6.45) is 7.24. The first kappa shape index (κ1) is 7.22. The first-order valence-corrected chi connectivity index (χ1v) is 3.23. The number of methoxy groups -OCH3 is 1. The minimum absolute atomic E-state index is 0.102. The number of hydrogen-bond acceptors (Lipinski definition) is 2. The Morgan fingerprint density at radius 1 is 1.80 bits per heavy atom. The number of aldehydes is 1. The summed E-state index contributed by atoms with van der Waals surface area (Å²) in [5.41, 5.74) is 0.970. The Hall–Kier alpha value is -0.890. The lowest BCUT2D eigenvalue weighted by Crippen LogP contribution is -2.07. The second kappa shape index (κ2) is 3.32. The van der Waals surface area contributed by atoms with Gasteiger partial charge in [-0.05, 0) is 18.1 Å². The smallest absolute Gasteiger partial charge is 0.143 e. The van der Waals surface area contributed by atoms with Crippen LogP contribution in [0.5, 0.6) is 0 Å². The van der Waals surface area contributed by atoms with Gasteiger partial charge in [0.1, 0.15) is 6.29 Å². The van der Waals surface area contributed by atoms with Crippen molar-refractivity contribution in [2.45, 2.75) is 12.5 Å². The van der Waals surface area contributed by atoms with Gasteiger partial charge in [0.15, 0.2) is 0 Å². The molecule has 0 fully saturated rings. The molecule has 10 heavy (non-hydrogen) atoms. The van der Waals surface area contributed by atoms with Crippen molar-refractivity contribution in [1.82, 2.24) is 0 Å². The maximum atomic E-state index is 10.1. The normalized spacial score (nSPS) is 27.7. The van der Waals surface area contributed by atoms with Crippen LogP contribution < -0.4 is 0 Å². The van der Waals surface area contributed by atoms with Crippen molar-refractivity contribution in [2.75, 3.05) is 7.11 Å². The van der Waals surface area contributed by atoms with Crippen LogP contribution in [-0.2, 0) is 9.53 Å². The fraction of sp³-hybridized carbons (Fsp3) is 0.375. The summed E-state index contributed by atoms with van der Waals surface area (Å²) in [6.45, 7) is 0. The molecule has 1 aliphatic carbocycles. The Labute approximate surface area is 60.2 Å². The lowest BCUT2D eigenvalue weighted by atomic mass is 10.2. The number of carbonyl (C=O) groups is 1. The number of hydrogen-bond donors (Lipinski definition) is 0. The van der Waals surface area contributed by atoms with E-state index in [9.17, 15) is 4.79 Å². The molecule has 0 aliphatic heterocycles. The fourth-order valence-electron chi connectivity index (χ4n) is 1.04. The van der Waals surface area contributed by atoms with E-state index in [0.717, 1.165) is 18.3 Å². The maximum Gasteiger partial charge on any atom is 0.143 e. The molecule has 0 aromatic carbocycles. The molecule has 0 saturated carbocycles. The monoisotopic (exact) mass is 138 g/mol. The molecule has 0 aromatic rings. The van der Waals surface area contributed by atoms with Gasteiger partial charge in [0.25, 0.3) is 0 Å². The van der Waals surface area contributed by atoms with E-state index in [2.05, 4.69) is 0 Å². The average molecular weight is 138 g/mol. The molecule has 0 radical (unpaired) electrons. The van der Waals surface area contributed by atoms with Crippen molar-refractivity contribution < 1.29 is 9.53 Å². The summed E-state index contributed by atoms with van der Waals surface area (Å²) >= 11 is 0. The molecule has 2 heteroatoms. The molecule has 0 spiro atoms. The molecular formula is C8H10O2. The van der Waals surface area contributed by atoms with Crippen molar-refractivity contribution in [2.24, 2.45) is 0 Å². The van der Waals surface area contributed by atoms with Crippen molar-refractivity contribution in [3.8, 4) is 0 Å². The molecule has 1 rings (SSSR count). The van der Waals surface area contributed by atoms with E-state index < -0.39 is 0 Å². The minimum Gasteiger partial charge on any atom is -0.376 e. The van der Waals surface area contributed by atoms with E-state index in [-0.39, 0.29) is 6.10 Å². The van der Waals surface area contributed by atoms with Gasteiger partial charge in [0.05, 0.1) is 6.10 Å². The molecule has 0 N–H and O–H groups in total. The van der Waals surface area contributed by atoms with Gasteiger partial charge in [-0.15, -0.1) is 0 Å². The number of allylic oxidation sites excluding steroid dienone is 1. The fourth-order valence-corrected chi connectivity index (χ4v) is 1.04. The second-order valence-corrected chi connectivity index (χ2v) is 2.17. The zero-order valence-corrected chi connectivity index (χ0v) is 5.91. The molecular weight excluding hydrogens is 128 g/mol. The van der Waals surface area contributed by atoms with Gasteiger partial charge in [0.2, 0.25) is 0 Å². The molecule has 0 amide bonds. The van der Waals surface area contributed by atoms with Crippen LogP contribution in [0.1, 0.15) is 6.42 Å². The molecule has 0 saturated heterocycles. The molecule has 0 heterocycles. The predicted octanol–water partition coefficient (Wildman–Crippen LogP) is 1.09. The van der Waals surface area contributed by atoms with E-state index in [1.807, 2.05) is 12.2 Å². The van der Waals surface area contributed by atoms with E-state index in [0.29, 0.717) is 0 Å². The highest BCUT2D eigenvalue weighted by Gasteiger charge is 2.13. The molecule has 54 valence electrons. The van der Waals surface area contributed by atoms with Crippen LogP contribution in [0.4, 0.5) is 0 Å². The van der Waals surface area contributed by atoms with Gasteiger partial charge >= 0.3 is 0 Å². The predicted molar refractivity (Wildman–Crippen MR) is 38.7 cm³/mol. The quantitative estimate of drug-likeness (QED) is 0.421. The van der Waals surface area contributed by atoms with Crippen molar-refractivity contribution in [1.29, 1.82) is 0 Å². The highest BCUT2D eigenvalue weighted by Crippen LogP contribution is 2.18. The summed E-state index contributed by atoms with van der Waals surface area (Å²) in [6, 6.07) is 0. The maximum absolute atomic E-state index is 10.1. The van der Waals surface area contributed by atoms with Gasteiger partial charge in [-0.1, -0.05) is 12.2 Å². The van der Waals surface area contributed by atoms with Crippen LogP contribution in [0.25, 0.3) is 0 Å². The third-order valence-corrected chi connectivity index (χ3v) is 1.58. The van der Waals surface area contributed by atoms with E-state index >= 15 is 0 Å². The van der Waals surface area contributed by atoms with Crippen LogP contribution >= 0.6 is 0 Å². The van der Waals surface area contributed by atoms with Crippen LogP contribution in [0.2, 0.25) is 0 Å². The van der Waals surface area contributed by atoms with E-state index in [4.69, 9.17) is 4.74 Å². The van der Waals surface area contributed by atoms with E-state index in [1.165, 1.54) is 6.08 Å². The Kier molecular flexibility index (Phi) is 2.40. The van der Waals surface area contributed by atoms with E-state index in [1.54, 1.807) is 7.11 Å². The molecule has 1 aliphatic rings. The molecule has 0 unspecified atom stereocenters. The average Bonchev–Trinajstić information content (AvgIpc) is 2.36. The van der Waals surface area contributed by atoms with Crippen LogP contribution in [0.3, 0.4) is 0 Å². The van der Waals surface area contributed by atoms with Gasteiger partial charge in [-0.25, -0.2) is 0 Å². The first-order valence-electron chi connectivity index (χ1n) is 3.23. The zero-order chi connectivity index (χ0) is 7.40. The lowest BCUT2D eigenvalue weighted by Gasteiger charge is -2.07. The summed E-state index contributed by atoms with van der Waals surface area (Å²) < 4.78 is 5.09. The van der Waals surface area contributed by atoms with Gasteiger partial charge < -0.3 is 4.74 Å². The molecule has 0 aromatic heterocycles. The largest absolute Gasteiger partial charge is 0.376 e. The Balaban J connectivity index is 2.65.